The second-order valence-corrected chi connectivity index (χ2v) is 11.7. The van der Waals surface area contributed by atoms with Crippen LogP contribution in [0.1, 0.15) is 37.5 Å². The van der Waals surface area contributed by atoms with Crippen LogP contribution in [0.3, 0.4) is 0 Å². The highest BCUT2D eigenvalue weighted by Crippen LogP contribution is 2.45. The number of nitrogens with zero attached hydrogens (tertiary/aromatic N) is 1. The number of hydrogen-bond acceptors (Lipinski definition) is 8. The van der Waals surface area contributed by atoms with Gasteiger partial charge in [0.1, 0.15) is 18.0 Å². The van der Waals surface area contributed by atoms with Gasteiger partial charge in [0, 0.05) is 46.1 Å². The number of carbonyl (C=O) groups excluding carboxylic acids is 2. The number of alkyl halides is 2. The summed E-state index contributed by atoms with van der Waals surface area (Å²) in [6, 6.07) is 14.7. The van der Waals surface area contributed by atoms with E-state index in [1.807, 2.05) is 0 Å². The zero-order valence-corrected chi connectivity index (χ0v) is 26.1. The van der Waals surface area contributed by atoms with Crippen LogP contribution in [0, 0.1) is 5.41 Å². The van der Waals surface area contributed by atoms with Gasteiger partial charge < -0.3 is 39.4 Å². The largest absolute Gasteiger partial charge is 0.501 e. The van der Waals surface area contributed by atoms with E-state index in [0.29, 0.717) is 33.3 Å². The molecule has 11 nitrogen and oxygen atoms in total. The Kier molecular flexibility index (Phi) is 10.4. The van der Waals surface area contributed by atoms with Gasteiger partial charge in [-0.15, -0.1) is 0 Å². The van der Waals surface area contributed by atoms with Crippen molar-refractivity contribution in [2.24, 2.45) is 5.41 Å². The molecule has 3 aromatic carbocycles. The van der Waals surface area contributed by atoms with E-state index >= 15 is 0 Å². The third-order valence-corrected chi connectivity index (χ3v) is 7.37. The summed E-state index contributed by atoms with van der Waals surface area (Å²) in [5.41, 5.74) is 0.894. The Morgan fingerprint density at radius 2 is 1.74 bits per heavy atom. The molecule has 14 heteroatoms. The molecule has 0 aromatic heterocycles. The highest BCUT2D eigenvalue weighted by molar-refractivity contribution is 6.30. The SMILES string of the molecule is COc1cccc([C@H]2O[C@H](CC(=O)Nc3ccc(OC(F)(F)C(=O)O)cc3)C(=O)N(CC(C)(C)CO)c3ccc(Cl)cc32)c1OC. The molecule has 1 heterocycles. The van der Waals surface area contributed by atoms with Crippen molar-refractivity contribution < 1.29 is 52.3 Å². The molecule has 0 saturated heterocycles. The minimum absolute atomic E-state index is 0.0723. The number of halogens is 3. The number of amides is 2. The van der Waals surface area contributed by atoms with E-state index in [1.54, 1.807) is 50.2 Å². The lowest BCUT2D eigenvalue weighted by Gasteiger charge is -2.32. The summed E-state index contributed by atoms with van der Waals surface area (Å²) < 4.78 is 48.6. The molecule has 3 N–H and O–H groups in total. The lowest BCUT2D eigenvalue weighted by molar-refractivity contribution is -0.210. The van der Waals surface area contributed by atoms with Crippen LogP contribution in [-0.4, -0.2) is 67.6 Å². The predicted molar refractivity (Wildman–Crippen MR) is 164 cm³/mol. The number of hydrogen-bond donors (Lipinski definition) is 3. The summed E-state index contributed by atoms with van der Waals surface area (Å²) in [7, 11) is 2.94. The fraction of sp³-hybridized carbons (Fsp3) is 0.344. The Morgan fingerprint density at radius 1 is 1.04 bits per heavy atom. The number of aliphatic hydroxyl groups excluding tert-OH is 1. The van der Waals surface area contributed by atoms with Gasteiger partial charge in [-0.05, 0) is 48.5 Å². The van der Waals surface area contributed by atoms with Crippen molar-refractivity contribution >= 4 is 40.8 Å². The third-order valence-electron chi connectivity index (χ3n) is 7.14. The van der Waals surface area contributed by atoms with E-state index in [4.69, 9.17) is 30.9 Å². The molecule has 0 radical (unpaired) electrons. The van der Waals surface area contributed by atoms with Crippen molar-refractivity contribution in [1.29, 1.82) is 0 Å². The van der Waals surface area contributed by atoms with Crippen molar-refractivity contribution in [3.8, 4) is 17.2 Å². The van der Waals surface area contributed by atoms with Gasteiger partial charge in [-0.3, -0.25) is 9.59 Å². The number of para-hydroxylation sites is 1. The second-order valence-electron chi connectivity index (χ2n) is 11.2. The van der Waals surface area contributed by atoms with Gasteiger partial charge in [0.15, 0.2) is 11.5 Å². The number of anilines is 2. The third kappa shape index (κ3) is 7.66. The van der Waals surface area contributed by atoms with E-state index in [0.717, 1.165) is 12.1 Å². The van der Waals surface area contributed by atoms with Crippen molar-refractivity contribution in [3.05, 3.63) is 76.8 Å². The lowest BCUT2D eigenvalue weighted by atomic mass is 9.92. The van der Waals surface area contributed by atoms with E-state index in [2.05, 4.69) is 10.1 Å². The molecule has 4 rings (SSSR count). The summed E-state index contributed by atoms with van der Waals surface area (Å²) >= 11 is 6.43. The van der Waals surface area contributed by atoms with Crippen LogP contribution >= 0.6 is 11.6 Å². The maximum atomic E-state index is 14.2. The van der Waals surface area contributed by atoms with Gasteiger partial charge in [-0.2, -0.15) is 8.78 Å². The topological polar surface area (TPSA) is 144 Å². The zero-order chi connectivity index (χ0) is 33.8. The lowest BCUT2D eigenvalue weighted by Crippen LogP contribution is -2.46. The number of rotatable bonds is 12. The molecule has 0 bridgehead atoms. The smallest absolute Gasteiger partial charge is 0.493 e. The molecule has 2 atom stereocenters. The number of carboxylic acids is 1. The predicted octanol–water partition coefficient (Wildman–Crippen LogP) is 5.28. The Balaban J connectivity index is 1.71. The van der Waals surface area contributed by atoms with Crippen molar-refractivity contribution in [1.82, 2.24) is 0 Å². The van der Waals surface area contributed by atoms with Gasteiger partial charge in [0.25, 0.3) is 5.91 Å². The fourth-order valence-electron chi connectivity index (χ4n) is 4.88. The molecule has 1 aliphatic rings. The van der Waals surface area contributed by atoms with Crippen LogP contribution in [0.2, 0.25) is 5.02 Å². The molecule has 2 amide bonds. The number of nitrogens with one attached hydrogen (secondary N) is 1. The van der Waals surface area contributed by atoms with Crippen LogP contribution in [0.25, 0.3) is 0 Å². The second kappa shape index (κ2) is 13.9. The first kappa shape index (κ1) is 34.4. The quantitative estimate of drug-likeness (QED) is 0.236. The number of aliphatic carboxylic acids is 1. The maximum absolute atomic E-state index is 14.2. The number of ether oxygens (including phenoxy) is 4. The van der Waals surface area contributed by atoms with Crippen molar-refractivity contribution in [2.75, 3.05) is 37.6 Å². The van der Waals surface area contributed by atoms with Crippen LogP contribution < -0.4 is 24.4 Å². The summed E-state index contributed by atoms with van der Waals surface area (Å²) in [5.74, 6) is -3.35. The van der Waals surface area contributed by atoms with Gasteiger partial charge >= 0.3 is 12.1 Å². The monoisotopic (exact) mass is 662 g/mol. The number of fused-ring (bicyclic) bond motifs is 1. The Labute approximate surface area is 268 Å². The number of carbonyl (C=O) groups is 3. The van der Waals surface area contributed by atoms with Crippen LogP contribution in [-0.2, 0) is 19.1 Å². The Bertz CT molecular complexity index is 1600. The van der Waals surface area contributed by atoms with Gasteiger partial charge in [0.2, 0.25) is 5.91 Å². The molecular formula is C32H33ClF2N2O9. The normalized spacial score (nSPS) is 16.7. The molecule has 46 heavy (non-hydrogen) atoms. The Hall–Kier alpha value is -4.46. The highest BCUT2D eigenvalue weighted by Gasteiger charge is 2.43. The van der Waals surface area contributed by atoms with Gasteiger partial charge in [-0.1, -0.05) is 37.6 Å². The first-order chi connectivity index (χ1) is 21.7. The highest BCUT2D eigenvalue weighted by atomic mass is 35.5. The Morgan fingerprint density at radius 3 is 2.35 bits per heavy atom. The van der Waals surface area contributed by atoms with E-state index in [9.17, 15) is 28.3 Å². The number of aliphatic hydroxyl groups is 1. The molecule has 0 fully saturated rings. The molecule has 0 spiro atoms. The van der Waals surface area contributed by atoms with Gasteiger partial charge in [-0.25, -0.2) is 4.79 Å². The first-order valence-corrected chi connectivity index (χ1v) is 14.4. The summed E-state index contributed by atoms with van der Waals surface area (Å²) in [4.78, 5) is 39.6. The summed E-state index contributed by atoms with van der Waals surface area (Å²) in [5, 5.41) is 21.6. The standard InChI is InChI=1S/C32H33ClF2N2O9/c1-31(2,17-38)16-37-23-13-8-18(33)14-22(23)27(21-6-5-7-24(43-3)28(21)44-4)45-25(29(37)40)15-26(39)36-19-9-11-20(12-10-19)46-32(34,35)30(41)42/h5-14,25,27,38H,15-17H2,1-4H3,(H,36,39)(H,41,42)/t25-,27-/m1/s1. The van der Waals surface area contributed by atoms with Crippen LogP contribution in [0.4, 0.5) is 20.2 Å². The van der Waals surface area contributed by atoms with Crippen LogP contribution in [0.15, 0.2) is 60.7 Å². The maximum Gasteiger partial charge on any atom is 0.501 e. The molecule has 0 saturated carbocycles. The number of methoxy groups -OCH3 is 2. The fourth-order valence-corrected chi connectivity index (χ4v) is 5.06. The summed E-state index contributed by atoms with van der Waals surface area (Å²) in [6.07, 6.45) is -7.22. The number of benzene rings is 3. The average molecular weight is 663 g/mol. The zero-order valence-electron chi connectivity index (χ0n) is 25.4. The molecular weight excluding hydrogens is 630 g/mol. The molecule has 246 valence electrons. The van der Waals surface area contributed by atoms with E-state index < -0.39 is 53.7 Å². The first-order valence-electron chi connectivity index (χ1n) is 14.0. The molecule has 0 aliphatic carbocycles. The summed E-state index contributed by atoms with van der Waals surface area (Å²) in [6.45, 7) is 3.40. The van der Waals surface area contributed by atoms with Crippen molar-refractivity contribution in [3.63, 3.8) is 0 Å². The average Bonchev–Trinajstić information content (AvgIpc) is 3.11. The minimum atomic E-state index is -4.44. The van der Waals surface area contributed by atoms with Crippen LogP contribution in [0.5, 0.6) is 17.2 Å². The minimum Gasteiger partial charge on any atom is -0.493 e. The molecule has 0 unspecified atom stereocenters. The van der Waals surface area contributed by atoms with Crippen molar-refractivity contribution in [2.45, 2.75) is 38.6 Å². The van der Waals surface area contributed by atoms with Gasteiger partial charge in [0.05, 0.1) is 20.6 Å². The van der Waals surface area contributed by atoms with E-state index in [-0.39, 0.29) is 18.8 Å². The molecule has 1 aliphatic heterocycles. The van der Waals surface area contributed by atoms with E-state index in [1.165, 1.54) is 31.3 Å². The molecule has 3 aromatic rings. The number of carboxylic acid groups (broad SMARTS) is 1.